The van der Waals surface area contributed by atoms with Gasteiger partial charge in [-0.2, -0.15) is 0 Å². The van der Waals surface area contributed by atoms with Crippen LogP contribution in [-0.4, -0.2) is 20.8 Å². The van der Waals surface area contributed by atoms with Gasteiger partial charge in [0, 0.05) is 49.6 Å². The predicted octanol–water partition coefficient (Wildman–Crippen LogP) is 11.6. The van der Waals surface area contributed by atoms with Crippen LogP contribution in [-0.2, 0) is 6.42 Å². The van der Waals surface area contributed by atoms with Crippen molar-refractivity contribution in [2.75, 3.05) is 0 Å². The average molecular weight is 696 g/mol. The summed E-state index contributed by atoms with van der Waals surface area (Å²) in [5.74, 6) is 1.60. The lowest BCUT2D eigenvalue weighted by Crippen LogP contribution is -2.33. The molecule has 0 radical (unpaired) electrons. The Bertz CT molecular complexity index is 2950. The molecule has 0 bridgehead atoms. The zero-order valence-corrected chi connectivity index (χ0v) is 29.8. The molecule has 258 valence electrons. The van der Waals surface area contributed by atoms with Gasteiger partial charge in [-0.25, -0.2) is 9.98 Å². The van der Waals surface area contributed by atoms with E-state index in [0.29, 0.717) is 0 Å². The monoisotopic (exact) mass is 695 g/mol. The highest BCUT2D eigenvalue weighted by Gasteiger charge is 2.26. The van der Waals surface area contributed by atoms with Crippen molar-refractivity contribution in [2.24, 2.45) is 9.98 Å². The van der Waals surface area contributed by atoms with Gasteiger partial charge in [-0.05, 0) is 79.1 Å². The number of amidine groups is 2. The Hall–Kier alpha value is -6.72. The summed E-state index contributed by atoms with van der Waals surface area (Å²) in [4.78, 5) is 10.2. The highest BCUT2D eigenvalue weighted by molar-refractivity contribution is 6.19. The minimum atomic E-state index is -0.227. The minimum absolute atomic E-state index is 0.227. The summed E-state index contributed by atoms with van der Waals surface area (Å²) in [5.41, 5.74) is 11.9. The molecular weight excluding hydrogens is 659 g/mol. The molecular formula is C49H37N5. The number of aromatic nitrogens is 2. The molecule has 1 unspecified atom stereocenters. The van der Waals surface area contributed by atoms with Crippen molar-refractivity contribution in [3.05, 3.63) is 186 Å². The van der Waals surface area contributed by atoms with Crippen molar-refractivity contribution in [1.82, 2.24) is 14.5 Å². The van der Waals surface area contributed by atoms with E-state index >= 15 is 0 Å². The van der Waals surface area contributed by atoms with Crippen LogP contribution in [0.5, 0.6) is 0 Å². The third kappa shape index (κ3) is 4.85. The SMILES string of the molecule is C1=CC(C2=NC(c3ccccc3)NC(c3ccc(-n4c5ccccc5c5cc6ccccc6c(-n6c7c(c8ccccc86)C=CCC7)c54)cc3)=N2)=CCC1. The normalized spacial score (nSPS) is 16.7. The van der Waals surface area contributed by atoms with Gasteiger partial charge < -0.3 is 14.5 Å². The second-order valence-electron chi connectivity index (χ2n) is 14.4. The summed E-state index contributed by atoms with van der Waals surface area (Å²) in [6, 6.07) is 48.4. The molecule has 5 nitrogen and oxygen atoms in total. The molecule has 3 heterocycles. The van der Waals surface area contributed by atoms with Crippen molar-refractivity contribution in [3.8, 4) is 11.4 Å². The Balaban J connectivity index is 1.13. The van der Waals surface area contributed by atoms with Gasteiger partial charge >= 0.3 is 0 Å². The first-order chi connectivity index (χ1) is 26.8. The van der Waals surface area contributed by atoms with Crippen molar-refractivity contribution in [1.29, 1.82) is 0 Å². The molecule has 3 aliphatic rings. The maximum absolute atomic E-state index is 5.12. The van der Waals surface area contributed by atoms with Gasteiger partial charge in [0.15, 0.2) is 5.84 Å². The van der Waals surface area contributed by atoms with Crippen LogP contribution in [0, 0.1) is 0 Å². The first-order valence-electron chi connectivity index (χ1n) is 19.0. The summed E-state index contributed by atoms with van der Waals surface area (Å²) in [6.45, 7) is 0. The average Bonchev–Trinajstić information content (AvgIpc) is 3.76. The zero-order chi connectivity index (χ0) is 35.6. The van der Waals surface area contributed by atoms with Gasteiger partial charge in [-0.15, -0.1) is 0 Å². The van der Waals surface area contributed by atoms with Gasteiger partial charge in [-0.1, -0.05) is 121 Å². The van der Waals surface area contributed by atoms with Crippen molar-refractivity contribution >= 4 is 61.2 Å². The number of nitrogens with zero attached hydrogens (tertiary/aromatic N) is 4. The summed E-state index contributed by atoms with van der Waals surface area (Å²) >= 11 is 0. The van der Waals surface area contributed by atoms with Crippen LogP contribution in [0.1, 0.15) is 47.8 Å². The zero-order valence-electron chi connectivity index (χ0n) is 29.8. The van der Waals surface area contributed by atoms with Crippen LogP contribution in [0.4, 0.5) is 0 Å². The lowest BCUT2D eigenvalue weighted by molar-refractivity contribution is 0.674. The van der Waals surface area contributed by atoms with E-state index in [2.05, 4.69) is 172 Å². The Morgan fingerprint density at radius 2 is 1.33 bits per heavy atom. The quantitative estimate of drug-likeness (QED) is 0.191. The van der Waals surface area contributed by atoms with Crippen LogP contribution < -0.4 is 5.32 Å². The van der Waals surface area contributed by atoms with E-state index in [4.69, 9.17) is 9.98 Å². The van der Waals surface area contributed by atoms with Gasteiger partial charge in [0.25, 0.3) is 0 Å². The van der Waals surface area contributed by atoms with E-state index < -0.39 is 0 Å². The van der Waals surface area contributed by atoms with Gasteiger partial charge in [0.1, 0.15) is 12.0 Å². The summed E-state index contributed by atoms with van der Waals surface area (Å²) < 4.78 is 5.05. The van der Waals surface area contributed by atoms with Crippen molar-refractivity contribution < 1.29 is 0 Å². The highest BCUT2D eigenvalue weighted by atomic mass is 15.2. The second-order valence-corrected chi connectivity index (χ2v) is 14.4. The van der Waals surface area contributed by atoms with E-state index in [-0.39, 0.29) is 6.17 Å². The molecule has 8 aromatic rings. The number of hydrogen-bond acceptors (Lipinski definition) is 3. The number of aliphatic imine (C=N–C) groups is 2. The van der Waals surface area contributed by atoms with Crippen LogP contribution in [0.15, 0.2) is 173 Å². The van der Waals surface area contributed by atoms with Gasteiger partial charge in [0.05, 0.1) is 22.2 Å². The van der Waals surface area contributed by atoms with Crippen LogP contribution >= 0.6 is 0 Å². The van der Waals surface area contributed by atoms with E-state index in [1.165, 1.54) is 60.4 Å². The number of hydrogen-bond donors (Lipinski definition) is 1. The largest absolute Gasteiger partial charge is 0.344 e. The number of fused-ring (bicyclic) bond motifs is 7. The summed E-state index contributed by atoms with van der Waals surface area (Å²) in [6.07, 6.45) is 15.1. The smallest absolute Gasteiger partial charge is 0.159 e. The van der Waals surface area contributed by atoms with Crippen LogP contribution in [0.2, 0.25) is 0 Å². The molecule has 0 saturated heterocycles. The Morgan fingerprint density at radius 1 is 0.611 bits per heavy atom. The molecule has 2 aliphatic carbocycles. The Morgan fingerprint density at radius 3 is 2.15 bits per heavy atom. The molecule has 5 heteroatoms. The number of para-hydroxylation sites is 2. The van der Waals surface area contributed by atoms with Crippen LogP contribution in [0.3, 0.4) is 0 Å². The maximum atomic E-state index is 5.12. The van der Waals surface area contributed by atoms with E-state index in [0.717, 1.165) is 59.7 Å². The predicted molar refractivity (Wildman–Crippen MR) is 225 cm³/mol. The first kappa shape index (κ1) is 30.9. The van der Waals surface area contributed by atoms with E-state index in [1.807, 2.05) is 6.07 Å². The lowest BCUT2D eigenvalue weighted by Gasteiger charge is -2.24. The first-order valence-corrected chi connectivity index (χ1v) is 19.0. The molecule has 0 spiro atoms. The molecule has 1 aliphatic heterocycles. The molecule has 54 heavy (non-hydrogen) atoms. The van der Waals surface area contributed by atoms with E-state index in [1.54, 1.807) is 0 Å². The molecule has 1 N–H and O–H groups in total. The lowest BCUT2D eigenvalue weighted by atomic mass is 10.0. The molecule has 0 fully saturated rings. The molecule has 6 aromatic carbocycles. The fourth-order valence-corrected chi connectivity index (χ4v) is 8.77. The summed E-state index contributed by atoms with van der Waals surface area (Å²) in [7, 11) is 0. The Kier molecular flexibility index (Phi) is 7.12. The number of rotatable bonds is 5. The highest BCUT2D eigenvalue weighted by Crippen LogP contribution is 2.43. The third-order valence-electron chi connectivity index (χ3n) is 11.2. The minimum Gasteiger partial charge on any atom is -0.344 e. The molecule has 1 atom stereocenters. The van der Waals surface area contributed by atoms with Gasteiger partial charge in [-0.3, -0.25) is 0 Å². The molecule has 2 aromatic heterocycles. The topological polar surface area (TPSA) is 46.6 Å². The number of benzene rings is 6. The van der Waals surface area contributed by atoms with Crippen molar-refractivity contribution in [2.45, 2.75) is 31.8 Å². The molecule has 0 saturated carbocycles. The van der Waals surface area contributed by atoms with Gasteiger partial charge in [0.2, 0.25) is 0 Å². The Labute approximate surface area is 313 Å². The standard InChI is InChI=1S/C49H37N5/c1-3-15-32(16-4-1)47-50-48(33-17-5-2-6-18-33)52-49(51-47)34-27-29-36(30-28-34)53-42-24-12-11-23-40(42)41-31-35-19-7-8-20-37(35)45(46(41)53)54-43-25-13-9-21-38(43)39-22-10-14-26-44(39)54/h1,3-5,7-13,15-25,27-31,47H,2,6,14,26H2,(H,50,51,52). The summed E-state index contributed by atoms with van der Waals surface area (Å²) in [5, 5.41) is 9.94. The van der Waals surface area contributed by atoms with Crippen LogP contribution in [0.25, 0.3) is 60.9 Å². The second kappa shape index (κ2) is 12.5. The number of nitrogens with one attached hydrogen (secondary N) is 1. The third-order valence-corrected chi connectivity index (χ3v) is 11.2. The molecule has 11 rings (SSSR count). The fraction of sp³-hybridized carbons (Fsp3) is 0.102. The van der Waals surface area contributed by atoms with Crippen molar-refractivity contribution in [3.63, 3.8) is 0 Å². The maximum Gasteiger partial charge on any atom is 0.159 e. The van der Waals surface area contributed by atoms with E-state index in [9.17, 15) is 0 Å². The number of allylic oxidation sites excluding steroid dienone is 3. The molecule has 0 amide bonds. The fourth-order valence-electron chi connectivity index (χ4n) is 8.77.